The number of methoxy groups -OCH3 is 2. The molecule has 2 aromatic carbocycles. The van der Waals surface area contributed by atoms with Gasteiger partial charge < -0.3 is 24.1 Å². The lowest BCUT2D eigenvalue weighted by Crippen LogP contribution is -2.21. The number of aromatic nitrogens is 1. The topological polar surface area (TPSA) is 78.8 Å². The molecule has 0 bridgehead atoms. The molecule has 1 aromatic heterocycles. The van der Waals surface area contributed by atoms with Crippen LogP contribution in [0, 0.1) is 0 Å². The van der Waals surface area contributed by atoms with E-state index >= 15 is 0 Å². The predicted molar refractivity (Wildman–Crippen MR) is 108 cm³/mol. The van der Waals surface area contributed by atoms with Crippen LogP contribution >= 0.6 is 0 Å². The predicted octanol–water partition coefficient (Wildman–Crippen LogP) is 3.21. The number of carbonyl (C=O) groups excluding carboxylic acids is 1. The van der Waals surface area contributed by atoms with Gasteiger partial charge >= 0.3 is 0 Å². The minimum Gasteiger partial charge on any atom is -0.494 e. The fraction of sp³-hybridized carbons (Fsp3) is 0.238. The Labute approximate surface area is 162 Å². The summed E-state index contributed by atoms with van der Waals surface area (Å²) in [5, 5.41) is 3.72. The van der Waals surface area contributed by atoms with E-state index < -0.39 is 0 Å². The van der Waals surface area contributed by atoms with Gasteiger partial charge in [0.05, 0.1) is 31.8 Å². The monoisotopic (exact) mass is 382 g/mol. The Bertz CT molecular complexity index is 1070. The van der Waals surface area contributed by atoms with Crippen molar-refractivity contribution in [2.75, 3.05) is 26.1 Å². The molecule has 28 heavy (non-hydrogen) atoms. The van der Waals surface area contributed by atoms with Crippen LogP contribution in [0.4, 0.5) is 5.69 Å². The molecular formula is C21H22N2O5. The number of ether oxygens (including phenoxy) is 3. The fourth-order valence-corrected chi connectivity index (χ4v) is 2.97. The van der Waals surface area contributed by atoms with Crippen molar-refractivity contribution in [3.05, 3.63) is 58.5 Å². The zero-order chi connectivity index (χ0) is 20.3. The number of rotatable bonds is 6. The Kier molecular flexibility index (Phi) is 5.54. The molecule has 146 valence electrons. The smallest absolute Gasteiger partial charge is 0.258 e. The number of carbonyl (C=O) groups is 1. The standard InChI is InChI=1S/C21H22N2O5/c1-5-28-14-8-6-13(7-9-14)22-20(24)17-12-23(2)21(25)16-11-19(27-4)18(26-3)10-15(16)17/h6-12H,5H2,1-4H3,(H,22,24). The Morgan fingerprint density at radius 3 is 2.21 bits per heavy atom. The molecule has 0 atom stereocenters. The second kappa shape index (κ2) is 8.04. The number of fused-ring (bicyclic) bond motifs is 1. The lowest BCUT2D eigenvalue weighted by Gasteiger charge is -2.13. The van der Waals surface area contributed by atoms with Crippen LogP contribution in [-0.4, -0.2) is 31.3 Å². The van der Waals surface area contributed by atoms with Crippen LogP contribution in [0.1, 0.15) is 17.3 Å². The lowest BCUT2D eigenvalue weighted by molar-refractivity contribution is 0.102. The first kappa shape index (κ1) is 19.3. The van der Waals surface area contributed by atoms with Gasteiger partial charge in [0.15, 0.2) is 11.5 Å². The maximum absolute atomic E-state index is 12.9. The molecule has 0 aliphatic rings. The Balaban J connectivity index is 2.04. The Morgan fingerprint density at radius 2 is 1.64 bits per heavy atom. The SMILES string of the molecule is CCOc1ccc(NC(=O)c2cn(C)c(=O)c3cc(OC)c(OC)cc23)cc1. The van der Waals surface area contributed by atoms with Crippen molar-refractivity contribution in [3.63, 3.8) is 0 Å². The zero-order valence-electron chi connectivity index (χ0n) is 16.2. The van der Waals surface area contributed by atoms with Crippen molar-refractivity contribution in [2.24, 2.45) is 7.05 Å². The third-order valence-electron chi connectivity index (χ3n) is 4.36. The first-order valence-electron chi connectivity index (χ1n) is 8.78. The highest BCUT2D eigenvalue weighted by Crippen LogP contribution is 2.32. The van der Waals surface area contributed by atoms with Crippen LogP contribution in [0.5, 0.6) is 17.2 Å². The maximum Gasteiger partial charge on any atom is 0.258 e. The van der Waals surface area contributed by atoms with Crippen LogP contribution in [0.15, 0.2) is 47.4 Å². The highest BCUT2D eigenvalue weighted by molar-refractivity contribution is 6.13. The van der Waals surface area contributed by atoms with Crippen molar-refractivity contribution < 1.29 is 19.0 Å². The third-order valence-corrected chi connectivity index (χ3v) is 4.36. The molecule has 1 N–H and O–H groups in total. The molecule has 0 spiro atoms. The first-order chi connectivity index (χ1) is 13.5. The van der Waals surface area contributed by atoms with Crippen LogP contribution < -0.4 is 25.1 Å². The molecular weight excluding hydrogens is 360 g/mol. The van der Waals surface area contributed by atoms with E-state index in [1.807, 2.05) is 6.92 Å². The van der Waals surface area contributed by atoms with Crippen molar-refractivity contribution in [1.82, 2.24) is 4.57 Å². The maximum atomic E-state index is 12.9. The van der Waals surface area contributed by atoms with Crippen LogP contribution in [0.25, 0.3) is 10.8 Å². The summed E-state index contributed by atoms with van der Waals surface area (Å²) in [5.74, 6) is 1.26. The fourth-order valence-electron chi connectivity index (χ4n) is 2.97. The average molecular weight is 382 g/mol. The Hall–Kier alpha value is -3.48. The molecule has 0 aliphatic heterocycles. The molecule has 1 heterocycles. The number of anilines is 1. The first-order valence-corrected chi connectivity index (χ1v) is 8.78. The number of aryl methyl sites for hydroxylation is 1. The summed E-state index contributed by atoms with van der Waals surface area (Å²) in [4.78, 5) is 25.5. The van der Waals surface area contributed by atoms with E-state index in [4.69, 9.17) is 14.2 Å². The molecule has 1 amide bonds. The van der Waals surface area contributed by atoms with E-state index in [9.17, 15) is 9.59 Å². The molecule has 0 aliphatic carbocycles. The van der Waals surface area contributed by atoms with E-state index in [1.165, 1.54) is 25.0 Å². The second-order valence-electron chi connectivity index (χ2n) is 6.12. The average Bonchev–Trinajstić information content (AvgIpc) is 2.71. The lowest BCUT2D eigenvalue weighted by atomic mass is 10.1. The number of nitrogens with zero attached hydrogens (tertiary/aromatic N) is 1. The van der Waals surface area contributed by atoms with E-state index in [2.05, 4.69) is 5.32 Å². The van der Waals surface area contributed by atoms with Gasteiger partial charge in [-0.3, -0.25) is 9.59 Å². The molecule has 0 saturated heterocycles. The van der Waals surface area contributed by atoms with Crippen molar-refractivity contribution in [1.29, 1.82) is 0 Å². The molecule has 3 aromatic rings. The van der Waals surface area contributed by atoms with Gasteiger partial charge in [-0.15, -0.1) is 0 Å². The van der Waals surface area contributed by atoms with Gasteiger partial charge in [-0.2, -0.15) is 0 Å². The minimum absolute atomic E-state index is 0.228. The largest absolute Gasteiger partial charge is 0.494 e. The molecule has 0 saturated carbocycles. The highest BCUT2D eigenvalue weighted by Gasteiger charge is 2.17. The van der Waals surface area contributed by atoms with E-state index in [0.29, 0.717) is 40.1 Å². The van der Waals surface area contributed by atoms with E-state index in [1.54, 1.807) is 43.4 Å². The van der Waals surface area contributed by atoms with Crippen LogP contribution in [0.3, 0.4) is 0 Å². The minimum atomic E-state index is -0.336. The number of pyridine rings is 1. The summed E-state index contributed by atoms with van der Waals surface area (Å²) < 4.78 is 17.4. The number of hydrogen-bond donors (Lipinski definition) is 1. The second-order valence-corrected chi connectivity index (χ2v) is 6.12. The van der Waals surface area contributed by atoms with Crippen LogP contribution in [0.2, 0.25) is 0 Å². The van der Waals surface area contributed by atoms with Crippen molar-refractivity contribution in [2.45, 2.75) is 6.92 Å². The quantitative estimate of drug-likeness (QED) is 0.708. The Morgan fingerprint density at radius 1 is 1.04 bits per heavy atom. The number of nitrogens with one attached hydrogen (secondary N) is 1. The normalized spacial score (nSPS) is 10.6. The molecule has 7 nitrogen and oxygen atoms in total. The van der Waals surface area contributed by atoms with Crippen LogP contribution in [-0.2, 0) is 7.05 Å². The molecule has 3 rings (SSSR count). The molecule has 0 unspecified atom stereocenters. The van der Waals surface area contributed by atoms with Crippen molar-refractivity contribution in [3.8, 4) is 17.2 Å². The summed E-state index contributed by atoms with van der Waals surface area (Å²) >= 11 is 0. The van der Waals surface area contributed by atoms with Crippen molar-refractivity contribution >= 4 is 22.4 Å². The number of amides is 1. The van der Waals surface area contributed by atoms with E-state index in [0.717, 1.165) is 5.75 Å². The van der Waals surface area contributed by atoms with Gasteiger partial charge in [-0.1, -0.05) is 0 Å². The molecule has 0 radical (unpaired) electrons. The van der Waals surface area contributed by atoms with Gasteiger partial charge in [-0.05, 0) is 43.3 Å². The summed E-state index contributed by atoms with van der Waals surface area (Å²) in [6, 6.07) is 10.3. The van der Waals surface area contributed by atoms with Gasteiger partial charge in [0.1, 0.15) is 5.75 Å². The van der Waals surface area contributed by atoms with Gasteiger partial charge in [0.2, 0.25) is 0 Å². The number of benzene rings is 2. The molecule has 0 fully saturated rings. The van der Waals surface area contributed by atoms with E-state index in [-0.39, 0.29) is 11.5 Å². The molecule has 7 heteroatoms. The summed E-state index contributed by atoms with van der Waals surface area (Å²) in [6.45, 7) is 2.48. The number of hydrogen-bond acceptors (Lipinski definition) is 5. The zero-order valence-corrected chi connectivity index (χ0v) is 16.2. The van der Waals surface area contributed by atoms with Gasteiger partial charge in [0.25, 0.3) is 11.5 Å². The van der Waals surface area contributed by atoms with Gasteiger partial charge in [0, 0.05) is 24.3 Å². The summed E-state index contributed by atoms with van der Waals surface area (Å²) in [6.07, 6.45) is 1.51. The third kappa shape index (κ3) is 3.64. The summed E-state index contributed by atoms with van der Waals surface area (Å²) in [5.41, 5.74) is 0.747. The summed E-state index contributed by atoms with van der Waals surface area (Å²) in [7, 11) is 4.60. The van der Waals surface area contributed by atoms with Gasteiger partial charge in [-0.25, -0.2) is 0 Å². The highest BCUT2D eigenvalue weighted by atomic mass is 16.5.